The summed E-state index contributed by atoms with van der Waals surface area (Å²) in [5.41, 5.74) is 0. The minimum absolute atomic E-state index is 0.0519. The summed E-state index contributed by atoms with van der Waals surface area (Å²) in [5, 5.41) is 12.3. The molecule has 0 spiro atoms. The number of piperazine rings is 1. The topological polar surface area (TPSA) is 55.8 Å². The number of amides is 1. The molecule has 0 aromatic carbocycles. The van der Waals surface area contributed by atoms with E-state index in [0.717, 1.165) is 19.6 Å². The lowest BCUT2D eigenvalue weighted by Crippen LogP contribution is -2.58. The molecule has 3 atom stereocenters. The van der Waals surface area contributed by atoms with E-state index in [4.69, 9.17) is 0 Å². The van der Waals surface area contributed by atoms with Crippen LogP contribution >= 0.6 is 0 Å². The van der Waals surface area contributed by atoms with Gasteiger partial charge in [-0.15, -0.1) is 6.58 Å². The van der Waals surface area contributed by atoms with E-state index < -0.39 is 0 Å². The molecule has 0 aromatic rings. The third-order valence-electron chi connectivity index (χ3n) is 3.64. The molecule has 1 fully saturated rings. The predicted octanol–water partition coefficient (Wildman–Crippen LogP) is 0.0640. The third-order valence-corrected chi connectivity index (χ3v) is 3.64. The van der Waals surface area contributed by atoms with E-state index in [1.807, 2.05) is 13.8 Å². The Morgan fingerprint density at radius 1 is 1.53 bits per heavy atom. The number of carbonyl (C=O) groups is 1. The quantitative estimate of drug-likeness (QED) is 0.670. The van der Waals surface area contributed by atoms with Crippen molar-refractivity contribution in [1.82, 2.24) is 15.1 Å². The van der Waals surface area contributed by atoms with Crippen molar-refractivity contribution >= 4 is 5.91 Å². The smallest absolute Gasteiger partial charge is 0.237 e. The van der Waals surface area contributed by atoms with E-state index >= 15 is 0 Å². The maximum atomic E-state index is 11.9. The fourth-order valence-corrected chi connectivity index (χ4v) is 2.47. The zero-order valence-corrected chi connectivity index (χ0v) is 12.3. The largest absolute Gasteiger partial charge is 0.392 e. The Morgan fingerprint density at radius 3 is 2.74 bits per heavy atom. The maximum absolute atomic E-state index is 11.9. The van der Waals surface area contributed by atoms with Crippen LogP contribution in [-0.2, 0) is 4.79 Å². The summed E-state index contributed by atoms with van der Waals surface area (Å²) in [4.78, 5) is 16.4. The van der Waals surface area contributed by atoms with Gasteiger partial charge in [0.1, 0.15) is 0 Å². The van der Waals surface area contributed by atoms with Crippen molar-refractivity contribution in [1.29, 1.82) is 0 Å². The molecule has 0 radical (unpaired) electrons. The van der Waals surface area contributed by atoms with Crippen LogP contribution in [0.25, 0.3) is 0 Å². The van der Waals surface area contributed by atoms with Crippen LogP contribution < -0.4 is 5.32 Å². The zero-order chi connectivity index (χ0) is 14.4. The molecular weight excluding hydrogens is 242 g/mol. The summed E-state index contributed by atoms with van der Waals surface area (Å²) < 4.78 is 0. The first-order valence-electron chi connectivity index (χ1n) is 7.00. The lowest BCUT2D eigenvalue weighted by atomic mass is 10.1. The van der Waals surface area contributed by atoms with Crippen LogP contribution in [0.15, 0.2) is 12.7 Å². The SMILES string of the molecule is C=CCNC(=O)[C@H](C)N1CCN(C[C@@H](C)O)[C@@H](C)C1. The molecule has 0 aromatic heterocycles. The van der Waals surface area contributed by atoms with Gasteiger partial charge in [-0.1, -0.05) is 6.08 Å². The molecule has 1 rings (SSSR count). The number of aliphatic hydroxyl groups excluding tert-OH is 1. The molecule has 5 heteroatoms. The highest BCUT2D eigenvalue weighted by Crippen LogP contribution is 2.12. The van der Waals surface area contributed by atoms with Crippen molar-refractivity contribution in [3.8, 4) is 0 Å². The van der Waals surface area contributed by atoms with E-state index in [9.17, 15) is 9.90 Å². The Labute approximate surface area is 116 Å². The third kappa shape index (κ3) is 4.93. The van der Waals surface area contributed by atoms with E-state index in [0.29, 0.717) is 19.1 Å². The molecule has 1 saturated heterocycles. The Hall–Kier alpha value is -0.910. The van der Waals surface area contributed by atoms with Crippen molar-refractivity contribution in [3.05, 3.63) is 12.7 Å². The number of rotatable bonds is 6. The Kier molecular flexibility index (Phi) is 6.48. The number of carbonyl (C=O) groups excluding carboxylic acids is 1. The molecule has 2 N–H and O–H groups in total. The van der Waals surface area contributed by atoms with Crippen LogP contribution in [-0.4, -0.2) is 71.7 Å². The van der Waals surface area contributed by atoms with Crippen molar-refractivity contribution in [2.24, 2.45) is 0 Å². The molecule has 1 aliphatic rings. The van der Waals surface area contributed by atoms with Gasteiger partial charge in [0.2, 0.25) is 5.91 Å². The standard InChI is InChI=1S/C14H27N3O2/c1-5-6-15-14(19)13(4)17-8-7-16(10-12(3)18)11(2)9-17/h5,11-13,18H,1,6-10H2,2-4H3,(H,15,19)/t11-,12+,13-/m0/s1. The van der Waals surface area contributed by atoms with Gasteiger partial charge in [0, 0.05) is 38.8 Å². The van der Waals surface area contributed by atoms with Crippen molar-refractivity contribution < 1.29 is 9.90 Å². The lowest BCUT2D eigenvalue weighted by Gasteiger charge is -2.42. The van der Waals surface area contributed by atoms with Crippen molar-refractivity contribution in [2.75, 3.05) is 32.7 Å². The number of hydrogen-bond acceptors (Lipinski definition) is 4. The van der Waals surface area contributed by atoms with Gasteiger partial charge in [-0.05, 0) is 20.8 Å². The fourth-order valence-electron chi connectivity index (χ4n) is 2.47. The Morgan fingerprint density at radius 2 is 2.21 bits per heavy atom. The molecule has 5 nitrogen and oxygen atoms in total. The lowest BCUT2D eigenvalue weighted by molar-refractivity contribution is -0.126. The molecule has 1 aliphatic heterocycles. The van der Waals surface area contributed by atoms with Gasteiger partial charge in [0.15, 0.2) is 0 Å². The highest BCUT2D eigenvalue weighted by Gasteiger charge is 2.29. The molecule has 0 unspecified atom stereocenters. The number of nitrogens with zero attached hydrogens (tertiary/aromatic N) is 2. The van der Waals surface area contributed by atoms with Crippen LogP contribution in [0, 0.1) is 0 Å². The predicted molar refractivity (Wildman–Crippen MR) is 77.0 cm³/mol. The van der Waals surface area contributed by atoms with Crippen LogP contribution in [0.4, 0.5) is 0 Å². The van der Waals surface area contributed by atoms with Crippen LogP contribution in [0.5, 0.6) is 0 Å². The summed E-state index contributed by atoms with van der Waals surface area (Å²) in [6, 6.07) is 0.245. The molecule has 0 saturated carbocycles. The number of β-amino-alcohol motifs (C(OH)–C–C–N with tert-alkyl or cyclic N) is 1. The van der Waals surface area contributed by atoms with Gasteiger partial charge in [-0.25, -0.2) is 0 Å². The monoisotopic (exact) mass is 269 g/mol. The summed E-state index contributed by atoms with van der Waals surface area (Å²) in [6.45, 7) is 13.3. The number of aliphatic hydroxyl groups is 1. The summed E-state index contributed by atoms with van der Waals surface area (Å²) in [5.74, 6) is 0.0519. The van der Waals surface area contributed by atoms with Gasteiger partial charge in [-0.2, -0.15) is 0 Å². The Bertz CT molecular complexity index is 307. The van der Waals surface area contributed by atoms with E-state index in [2.05, 4.69) is 28.6 Å². The first kappa shape index (κ1) is 16.1. The van der Waals surface area contributed by atoms with Crippen molar-refractivity contribution in [3.63, 3.8) is 0 Å². The summed E-state index contributed by atoms with van der Waals surface area (Å²) >= 11 is 0. The molecular formula is C14H27N3O2. The van der Waals surface area contributed by atoms with Gasteiger partial charge in [0.25, 0.3) is 0 Å². The molecule has 0 aliphatic carbocycles. The minimum Gasteiger partial charge on any atom is -0.392 e. The average Bonchev–Trinajstić information content (AvgIpc) is 2.37. The molecule has 110 valence electrons. The Balaban J connectivity index is 2.46. The number of hydrogen-bond donors (Lipinski definition) is 2. The van der Waals surface area contributed by atoms with E-state index in [-0.39, 0.29) is 18.1 Å². The molecule has 1 heterocycles. The highest BCUT2D eigenvalue weighted by molar-refractivity contribution is 5.81. The maximum Gasteiger partial charge on any atom is 0.237 e. The molecule has 0 bridgehead atoms. The van der Waals surface area contributed by atoms with E-state index in [1.54, 1.807) is 6.08 Å². The van der Waals surface area contributed by atoms with Gasteiger partial charge >= 0.3 is 0 Å². The zero-order valence-electron chi connectivity index (χ0n) is 12.3. The van der Waals surface area contributed by atoms with E-state index in [1.165, 1.54) is 0 Å². The van der Waals surface area contributed by atoms with Gasteiger partial charge < -0.3 is 10.4 Å². The highest BCUT2D eigenvalue weighted by atomic mass is 16.3. The van der Waals surface area contributed by atoms with Crippen LogP contribution in [0.1, 0.15) is 20.8 Å². The average molecular weight is 269 g/mol. The van der Waals surface area contributed by atoms with Gasteiger partial charge in [0.05, 0.1) is 12.1 Å². The number of nitrogens with one attached hydrogen (secondary N) is 1. The molecule has 1 amide bonds. The first-order valence-corrected chi connectivity index (χ1v) is 7.00. The minimum atomic E-state index is -0.303. The van der Waals surface area contributed by atoms with Crippen LogP contribution in [0.2, 0.25) is 0 Å². The fraction of sp³-hybridized carbons (Fsp3) is 0.786. The second-order valence-electron chi connectivity index (χ2n) is 5.40. The second-order valence-corrected chi connectivity index (χ2v) is 5.40. The summed E-state index contributed by atoms with van der Waals surface area (Å²) in [6.07, 6.45) is 1.38. The molecule has 19 heavy (non-hydrogen) atoms. The normalized spacial score (nSPS) is 24.7. The second kappa shape index (κ2) is 7.62. The van der Waals surface area contributed by atoms with Gasteiger partial charge in [-0.3, -0.25) is 14.6 Å². The first-order chi connectivity index (χ1) is 8.95. The summed E-state index contributed by atoms with van der Waals surface area (Å²) in [7, 11) is 0. The van der Waals surface area contributed by atoms with Crippen molar-refractivity contribution in [2.45, 2.75) is 39.0 Å². The van der Waals surface area contributed by atoms with Crippen LogP contribution in [0.3, 0.4) is 0 Å².